The second kappa shape index (κ2) is 9.11. The lowest BCUT2D eigenvalue weighted by atomic mass is 10.1. The molecule has 160 valence electrons. The van der Waals surface area contributed by atoms with E-state index in [1.165, 1.54) is 18.2 Å². The average Bonchev–Trinajstić information content (AvgIpc) is 2.71. The lowest BCUT2D eigenvalue weighted by Crippen LogP contribution is -2.39. The number of anilines is 1. The Morgan fingerprint density at radius 1 is 1.10 bits per heavy atom. The fraction of sp³-hybridized carbons (Fsp3) is 0.263. The molecule has 0 radical (unpaired) electrons. The maximum absolute atomic E-state index is 12.4. The number of fused-ring (bicyclic) bond motifs is 1. The highest BCUT2D eigenvalue weighted by Crippen LogP contribution is 2.31. The number of hydrazone groups is 1. The monoisotopic (exact) mass is 471 g/mol. The van der Waals surface area contributed by atoms with Gasteiger partial charge in [-0.3, -0.25) is 9.10 Å². The smallest absolute Gasteiger partial charge is 0.260 e. The lowest BCUT2D eigenvalue weighted by molar-refractivity contribution is -0.119. The number of sulfonamides is 1. The third-order valence-corrected chi connectivity index (χ3v) is 6.07. The first-order chi connectivity index (χ1) is 14.1. The molecule has 0 bridgehead atoms. The topological polar surface area (TPSA) is 97.3 Å². The van der Waals surface area contributed by atoms with Gasteiger partial charge >= 0.3 is 0 Å². The molecule has 0 spiro atoms. The van der Waals surface area contributed by atoms with Crippen LogP contribution in [0.5, 0.6) is 11.5 Å². The van der Waals surface area contributed by atoms with Gasteiger partial charge in [0, 0.05) is 5.56 Å². The number of nitrogens with one attached hydrogen (secondary N) is 1. The van der Waals surface area contributed by atoms with Crippen LogP contribution in [0.15, 0.2) is 41.5 Å². The second-order valence-electron chi connectivity index (χ2n) is 6.46. The van der Waals surface area contributed by atoms with Gasteiger partial charge in [0.1, 0.15) is 19.8 Å². The Morgan fingerprint density at radius 3 is 2.47 bits per heavy atom. The first kappa shape index (κ1) is 22.2. The molecule has 8 nitrogen and oxygen atoms in total. The molecule has 1 aliphatic rings. The zero-order valence-corrected chi connectivity index (χ0v) is 18.5. The van der Waals surface area contributed by atoms with Crippen LogP contribution >= 0.6 is 23.2 Å². The molecule has 2 aromatic carbocycles. The van der Waals surface area contributed by atoms with Gasteiger partial charge in [-0.05, 0) is 43.3 Å². The summed E-state index contributed by atoms with van der Waals surface area (Å²) in [6.45, 7) is 2.18. The van der Waals surface area contributed by atoms with E-state index >= 15 is 0 Å². The summed E-state index contributed by atoms with van der Waals surface area (Å²) in [4.78, 5) is 12.4. The van der Waals surface area contributed by atoms with Crippen LogP contribution in [0.3, 0.4) is 0 Å². The number of hydrogen-bond acceptors (Lipinski definition) is 6. The molecule has 0 aliphatic carbocycles. The number of ether oxygens (including phenoxy) is 2. The third-order valence-electron chi connectivity index (χ3n) is 4.19. The Bertz CT molecular complexity index is 1110. The molecule has 0 atom stereocenters. The van der Waals surface area contributed by atoms with Crippen LogP contribution in [0, 0.1) is 0 Å². The van der Waals surface area contributed by atoms with Crippen LogP contribution in [0.1, 0.15) is 12.5 Å². The summed E-state index contributed by atoms with van der Waals surface area (Å²) < 4.78 is 36.3. The standard InChI is InChI=1S/C19H19Cl2N3O5S/c1-12(13-3-6-17-18(9-13)29-8-7-28-17)22-23-19(25)11-24(30(2,26)27)14-4-5-15(20)16(21)10-14/h3-6,9-10H,7-8,11H2,1-2H3,(H,23,25)/b22-12+. The Balaban J connectivity index is 1.73. The van der Waals surface area contributed by atoms with Crippen molar-refractivity contribution in [3.8, 4) is 11.5 Å². The Kier molecular flexibility index (Phi) is 6.74. The largest absolute Gasteiger partial charge is 0.486 e. The molecule has 0 aromatic heterocycles. The van der Waals surface area contributed by atoms with Crippen molar-refractivity contribution in [2.24, 2.45) is 5.10 Å². The summed E-state index contributed by atoms with van der Waals surface area (Å²) in [7, 11) is -3.75. The minimum atomic E-state index is -3.75. The van der Waals surface area contributed by atoms with Crippen molar-refractivity contribution in [2.45, 2.75) is 6.92 Å². The third kappa shape index (κ3) is 5.35. The van der Waals surface area contributed by atoms with E-state index in [0.29, 0.717) is 30.4 Å². The van der Waals surface area contributed by atoms with Gasteiger partial charge in [-0.2, -0.15) is 5.10 Å². The fourth-order valence-electron chi connectivity index (χ4n) is 2.69. The van der Waals surface area contributed by atoms with Gasteiger partial charge in [-0.25, -0.2) is 13.8 Å². The highest BCUT2D eigenvalue weighted by Gasteiger charge is 2.21. The van der Waals surface area contributed by atoms with Crippen LogP contribution in [-0.4, -0.2) is 46.1 Å². The van der Waals surface area contributed by atoms with Gasteiger partial charge < -0.3 is 9.47 Å². The molecule has 0 saturated carbocycles. The van der Waals surface area contributed by atoms with E-state index in [1.54, 1.807) is 25.1 Å². The summed E-state index contributed by atoms with van der Waals surface area (Å²) in [6, 6.07) is 9.61. The zero-order valence-electron chi connectivity index (χ0n) is 16.2. The molecule has 0 fully saturated rings. The van der Waals surface area contributed by atoms with Crippen molar-refractivity contribution in [2.75, 3.05) is 30.3 Å². The van der Waals surface area contributed by atoms with Crippen molar-refractivity contribution in [1.82, 2.24) is 5.43 Å². The van der Waals surface area contributed by atoms with Crippen molar-refractivity contribution < 1.29 is 22.7 Å². The quantitative estimate of drug-likeness (QED) is 0.515. The second-order valence-corrected chi connectivity index (χ2v) is 9.18. The Labute approximate surface area is 184 Å². The lowest BCUT2D eigenvalue weighted by Gasteiger charge is -2.21. The minimum absolute atomic E-state index is 0.177. The molecule has 1 aliphatic heterocycles. The summed E-state index contributed by atoms with van der Waals surface area (Å²) in [5, 5.41) is 4.51. The maximum atomic E-state index is 12.4. The SMILES string of the molecule is C/C(=N\NC(=O)CN(c1ccc(Cl)c(Cl)c1)S(C)(=O)=O)c1ccc2c(c1)OCCO2. The van der Waals surface area contributed by atoms with Crippen LogP contribution in [0.2, 0.25) is 10.0 Å². The molecule has 1 heterocycles. The highest BCUT2D eigenvalue weighted by molar-refractivity contribution is 7.92. The van der Waals surface area contributed by atoms with Crippen molar-refractivity contribution in [3.63, 3.8) is 0 Å². The summed E-state index contributed by atoms with van der Waals surface area (Å²) in [6.07, 6.45) is 0.993. The van der Waals surface area contributed by atoms with E-state index in [9.17, 15) is 13.2 Å². The number of halogens is 2. The van der Waals surface area contributed by atoms with Gasteiger partial charge in [0.05, 0.1) is 27.7 Å². The number of carbonyl (C=O) groups is 1. The summed E-state index contributed by atoms with van der Waals surface area (Å²) >= 11 is 11.8. The Hall–Kier alpha value is -2.49. The minimum Gasteiger partial charge on any atom is -0.486 e. The number of nitrogens with zero attached hydrogens (tertiary/aromatic N) is 2. The van der Waals surface area contributed by atoms with Gasteiger partial charge in [0.15, 0.2) is 11.5 Å². The predicted molar refractivity (Wildman–Crippen MR) is 116 cm³/mol. The maximum Gasteiger partial charge on any atom is 0.260 e. The van der Waals surface area contributed by atoms with Crippen molar-refractivity contribution in [3.05, 3.63) is 52.0 Å². The molecule has 1 amide bonds. The van der Waals surface area contributed by atoms with Crippen LogP contribution in [-0.2, 0) is 14.8 Å². The molecular weight excluding hydrogens is 453 g/mol. The first-order valence-corrected chi connectivity index (χ1v) is 11.4. The van der Waals surface area contributed by atoms with E-state index in [0.717, 1.165) is 16.1 Å². The van der Waals surface area contributed by atoms with Crippen LogP contribution < -0.4 is 19.2 Å². The van der Waals surface area contributed by atoms with Gasteiger partial charge in [-0.1, -0.05) is 23.2 Å². The average molecular weight is 472 g/mol. The number of benzene rings is 2. The summed E-state index contributed by atoms with van der Waals surface area (Å²) in [5.41, 5.74) is 3.83. The van der Waals surface area contributed by atoms with E-state index in [2.05, 4.69) is 10.5 Å². The number of rotatable bonds is 6. The molecule has 30 heavy (non-hydrogen) atoms. The summed E-state index contributed by atoms with van der Waals surface area (Å²) in [5.74, 6) is 0.623. The van der Waals surface area contributed by atoms with Crippen LogP contribution in [0.4, 0.5) is 5.69 Å². The fourth-order valence-corrected chi connectivity index (χ4v) is 3.83. The predicted octanol–water partition coefficient (Wildman–Crippen LogP) is 3.07. The molecular formula is C19H19Cl2N3O5S. The Morgan fingerprint density at radius 2 is 1.80 bits per heavy atom. The first-order valence-electron chi connectivity index (χ1n) is 8.81. The van der Waals surface area contributed by atoms with Gasteiger partial charge in [-0.15, -0.1) is 0 Å². The van der Waals surface area contributed by atoms with Gasteiger partial charge in [0.2, 0.25) is 10.0 Å². The zero-order chi connectivity index (χ0) is 21.9. The van der Waals surface area contributed by atoms with Gasteiger partial charge in [0.25, 0.3) is 5.91 Å². The molecule has 1 N–H and O–H groups in total. The normalized spacial score (nSPS) is 13.7. The molecule has 0 unspecified atom stereocenters. The molecule has 3 rings (SSSR count). The van der Waals surface area contributed by atoms with Crippen molar-refractivity contribution >= 4 is 50.5 Å². The number of amides is 1. The molecule has 0 saturated heterocycles. The van der Waals surface area contributed by atoms with E-state index in [4.69, 9.17) is 32.7 Å². The number of hydrogen-bond donors (Lipinski definition) is 1. The molecule has 11 heteroatoms. The molecule has 2 aromatic rings. The van der Waals surface area contributed by atoms with E-state index < -0.39 is 22.5 Å². The van der Waals surface area contributed by atoms with E-state index in [1.807, 2.05) is 0 Å². The van der Waals surface area contributed by atoms with E-state index in [-0.39, 0.29) is 15.7 Å². The number of carbonyl (C=O) groups excluding carboxylic acids is 1. The highest BCUT2D eigenvalue weighted by atomic mass is 35.5. The van der Waals surface area contributed by atoms with Crippen LogP contribution in [0.25, 0.3) is 0 Å². The van der Waals surface area contributed by atoms with Crippen molar-refractivity contribution in [1.29, 1.82) is 0 Å².